The summed E-state index contributed by atoms with van der Waals surface area (Å²) in [6, 6.07) is 17.0. The summed E-state index contributed by atoms with van der Waals surface area (Å²) in [5.74, 6) is -1.81. The zero-order valence-electron chi connectivity index (χ0n) is 17.2. The fourth-order valence-electron chi connectivity index (χ4n) is 2.56. The van der Waals surface area contributed by atoms with Gasteiger partial charge in [-0.25, -0.2) is 4.79 Å². The molecule has 0 saturated carbocycles. The Balaban J connectivity index is 1.88. The first-order chi connectivity index (χ1) is 15.0. The zero-order valence-corrected chi connectivity index (χ0v) is 17.2. The molecule has 4 amide bonds. The van der Waals surface area contributed by atoms with E-state index in [9.17, 15) is 19.2 Å². The van der Waals surface area contributed by atoms with E-state index in [2.05, 4.69) is 16.0 Å². The fourth-order valence-corrected chi connectivity index (χ4v) is 2.56. The summed E-state index contributed by atoms with van der Waals surface area (Å²) < 4.78 is 5.29. The second-order valence-electron chi connectivity index (χ2n) is 6.41. The van der Waals surface area contributed by atoms with Crippen LogP contribution in [-0.4, -0.2) is 36.9 Å². The third-order valence-corrected chi connectivity index (χ3v) is 4.02. The third kappa shape index (κ3) is 8.53. The van der Waals surface area contributed by atoms with Crippen molar-refractivity contribution in [3.05, 3.63) is 77.9 Å². The number of esters is 1. The molecule has 2 rings (SSSR count). The average molecular weight is 423 g/mol. The second-order valence-corrected chi connectivity index (χ2v) is 6.41. The van der Waals surface area contributed by atoms with Crippen LogP contribution in [0, 0.1) is 0 Å². The van der Waals surface area contributed by atoms with Gasteiger partial charge in [-0.05, 0) is 18.6 Å². The van der Waals surface area contributed by atoms with E-state index in [1.54, 1.807) is 43.3 Å². The maximum Gasteiger partial charge on any atom is 0.321 e. The Labute approximate surface area is 180 Å². The van der Waals surface area contributed by atoms with E-state index in [0.717, 1.165) is 5.56 Å². The number of carbonyl (C=O) groups excluding carboxylic acids is 4. The van der Waals surface area contributed by atoms with E-state index in [0.29, 0.717) is 12.1 Å². The lowest BCUT2D eigenvalue weighted by Gasteiger charge is -2.17. The molecular weight excluding hydrogens is 398 g/mol. The Hall–Kier alpha value is -3.94. The highest BCUT2D eigenvalue weighted by Gasteiger charge is 2.26. The van der Waals surface area contributed by atoms with Crippen molar-refractivity contribution in [1.29, 1.82) is 0 Å². The second kappa shape index (κ2) is 12.6. The van der Waals surface area contributed by atoms with Crippen molar-refractivity contribution in [2.45, 2.75) is 19.4 Å². The lowest BCUT2D eigenvalue weighted by atomic mass is 10.1. The average Bonchev–Trinajstić information content (AvgIpc) is 2.77. The highest BCUT2D eigenvalue weighted by atomic mass is 16.5. The summed E-state index contributed by atoms with van der Waals surface area (Å²) in [5.41, 5.74) is 1.30. The first-order valence-corrected chi connectivity index (χ1v) is 9.83. The maximum absolute atomic E-state index is 12.4. The van der Waals surface area contributed by atoms with E-state index < -0.39 is 24.0 Å². The van der Waals surface area contributed by atoms with Crippen molar-refractivity contribution in [3.63, 3.8) is 0 Å². The molecule has 0 aliphatic rings. The zero-order chi connectivity index (χ0) is 22.5. The Morgan fingerprint density at radius 3 is 2.23 bits per heavy atom. The molecule has 0 fully saturated rings. The molecule has 8 nitrogen and oxygen atoms in total. The van der Waals surface area contributed by atoms with Gasteiger partial charge in [0.05, 0.1) is 6.42 Å². The van der Waals surface area contributed by atoms with Crippen LogP contribution in [0.25, 0.3) is 6.08 Å². The van der Waals surface area contributed by atoms with Crippen molar-refractivity contribution >= 4 is 29.9 Å². The molecule has 0 saturated heterocycles. The predicted octanol–water partition coefficient (Wildman–Crippen LogP) is 2.34. The number of hydrogen-bond donors (Lipinski definition) is 3. The van der Waals surface area contributed by atoms with Gasteiger partial charge in [0.25, 0.3) is 5.91 Å². The van der Waals surface area contributed by atoms with Gasteiger partial charge in [0.1, 0.15) is 0 Å². The summed E-state index contributed by atoms with van der Waals surface area (Å²) in [6.45, 7) is 2.09. The van der Waals surface area contributed by atoms with Crippen LogP contribution in [0.5, 0.6) is 0 Å². The normalized spacial score (nSPS) is 11.4. The number of ether oxygens (including phenoxy) is 1. The minimum absolute atomic E-state index is 0.0379. The van der Waals surface area contributed by atoms with Crippen molar-refractivity contribution in [3.8, 4) is 0 Å². The topological polar surface area (TPSA) is 114 Å². The van der Waals surface area contributed by atoms with Gasteiger partial charge in [-0.1, -0.05) is 60.7 Å². The van der Waals surface area contributed by atoms with E-state index in [1.165, 1.54) is 6.08 Å². The van der Waals surface area contributed by atoms with Gasteiger partial charge in [0.2, 0.25) is 12.0 Å². The Bertz CT molecular complexity index is 913. The molecule has 2 aromatic carbocycles. The number of urea groups is 1. The Kier molecular flexibility index (Phi) is 9.48. The molecule has 0 bridgehead atoms. The van der Waals surface area contributed by atoms with Gasteiger partial charge in [0, 0.05) is 24.7 Å². The molecule has 1 atom stereocenters. The standard InChI is InChI=1S/C23H25N3O5/c1-2-24-23(30)26-22(29)21(18-11-7-4-8-12-18)31-20(28)15-16-25-19(27)14-13-17-9-5-3-6-10-17/h3-14,21H,2,15-16H2,1H3,(H,25,27)(H2,24,26,29,30)/b14-13+/t21-/m1/s1. The largest absolute Gasteiger partial charge is 0.447 e. The Morgan fingerprint density at radius 1 is 0.935 bits per heavy atom. The number of amides is 4. The molecule has 162 valence electrons. The van der Waals surface area contributed by atoms with Crippen LogP contribution in [0.3, 0.4) is 0 Å². The van der Waals surface area contributed by atoms with E-state index in [1.807, 2.05) is 30.3 Å². The van der Waals surface area contributed by atoms with Crippen LogP contribution in [0.2, 0.25) is 0 Å². The minimum Gasteiger partial charge on any atom is -0.447 e. The van der Waals surface area contributed by atoms with E-state index in [4.69, 9.17) is 4.74 Å². The lowest BCUT2D eigenvalue weighted by Crippen LogP contribution is -2.42. The molecule has 31 heavy (non-hydrogen) atoms. The lowest BCUT2D eigenvalue weighted by molar-refractivity contribution is -0.156. The van der Waals surface area contributed by atoms with Gasteiger partial charge in [-0.15, -0.1) is 0 Å². The maximum atomic E-state index is 12.4. The van der Waals surface area contributed by atoms with Crippen LogP contribution in [0.1, 0.15) is 30.6 Å². The van der Waals surface area contributed by atoms with Gasteiger partial charge in [-0.3, -0.25) is 19.7 Å². The SMILES string of the molecule is CCNC(=O)NC(=O)[C@H](OC(=O)CCNC(=O)/C=C/c1ccccc1)c1ccccc1. The van der Waals surface area contributed by atoms with Gasteiger partial charge in [0.15, 0.2) is 0 Å². The first-order valence-electron chi connectivity index (χ1n) is 9.83. The number of benzene rings is 2. The van der Waals surface area contributed by atoms with Crippen molar-refractivity contribution in [2.24, 2.45) is 0 Å². The fraction of sp³-hybridized carbons (Fsp3) is 0.217. The van der Waals surface area contributed by atoms with Crippen LogP contribution in [0.15, 0.2) is 66.7 Å². The summed E-state index contributed by atoms with van der Waals surface area (Å²) in [7, 11) is 0. The molecule has 0 spiro atoms. The Morgan fingerprint density at radius 2 is 1.58 bits per heavy atom. The molecule has 0 aliphatic heterocycles. The van der Waals surface area contributed by atoms with Crippen LogP contribution >= 0.6 is 0 Å². The third-order valence-electron chi connectivity index (χ3n) is 4.02. The minimum atomic E-state index is -1.29. The summed E-state index contributed by atoms with van der Waals surface area (Å²) in [6.07, 6.45) is 1.60. The molecule has 0 aliphatic carbocycles. The number of rotatable bonds is 9. The highest BCUT2D eigenvalue weighted by molar-refractivity contribution is 5.97. The monoisotopic (exact) mass is 423 g/mol. The van der Waals surface area contributed by atoms with E-state index >= 15 is 0 Å². The number of imide groups is 1. The molecule has 0 heterocycles. The predicted molar refractivity (Wildman–Crippen MR) is 116 cm³/mol. The van der Waals surface area contributed by atoms with Crippen LogP contribution in [0.4, 0.5) is 4.79 Å². The smallest absolute Gasteiger partial charge is 0.321 e. The quantitative estimate of drug-likeness (QED) is 0.423. The van der Waals surface area contributed by atoms with Crippen molar-refractivity contribution < 1.29 is 23.9 Å². The summed E-state index contributed by atoms with van der Waals surface area (Å²) in [4.78, 5) is 48.2. The van der Waals surface area contributed by atoms with Gasteiger partial charge < -0.3 is 15.4 Å². The molecule has 0 radical (unpaired) electrons. The molecule has 8 heteroatoms. The van der Waals surface area contributed by atoms with Gasteiger partial charge in [-0.2, -0.15) is 0 Å². The molecule has 3 N–H and O–H groups in total. The van der Waals surface area contributed by atoms with Crippen molar-refractivity contribution in [2.75, 3.05) is 13.1 Å². The molecule has 0 aromatic heterocycles. The number of hydrogen-bond acceptors (Lipinski definition) is 5. The molecular formula is C23H25N3O5. The molecule has 0 unspecified atom stereocenters. The first kappa shape index (κ1) is 23.3. The highest BCUT2D eigenvalue weighted by Crippen LogP contribution is 2.18. The van der Waals surface area contributed by atoms with E-state index in [-0.39, 0.29) is 18.9 Å². The number of carbonyl (C=O) groups is 4. The molecule has 2 aromatic rings. The van der Waals surface area contributed by atoms with Crippen molar-refractivity contribution in [1.82, 2.24) is 16.0 Å². The summed E-state index contributed by atoms with van der Waals surface area (Å²) >= 11 is 0. The van der Waals surface area contributed by atoms with Crippen LogP contribution < -0.4 is 16.0 Å². The van der Waals surface area contributed by atoms with Crippen LogP contribution in [-0.2, 0) is 19.1 Å². The van der Waals surface area contributed by atoms with Gasteiger partial charge >= 0.3 is 12.0 Å². The summed E-state index contributed by atoms with van der Waals surface area (Å²) in [5, 5.41) is 7.17. The number of nitrogens with one attached hydrogen (secondary N) is 3.